The number of ether oxygens (including phenoxy) is 2. The number of hydrogen-bond donors (Lipinski definition) is 0. The number of carbonyl (C=O) groups excluding carboxylic acids is 1. The van der Waals surface area contributed by atoms with Crippen LogP contribution >= 0.6 is 11.6 Å². The van der Waals surface area contributed by atoms with Gasteiger partial charge in [-0.15, -0.1) is 0 Å². The molecule has 3 heterocycles. The van der Waals surface area contributed by atoms with Crippen molar-refractivity contribution in [3.63, 3.8) is 0 Å². The number of rotatable bonds is 4. The van der Waals surface area contributed by atoms with Gasteiger partial charge in [0, 0.05) is 35.8 Å². The van der Waals surface area contributed by atoms with Crippen molar-refractivity contribution in [2.45, 2.75) is 24.7 Å². The average Bonchev–Trinajstić information content (AvgIpc) is 3.13. The Hall–Kier alpha value is -2.11. The molecule has 0 saturated carbocycles. The molecule has 0 bridgehead atoms. The zero-order valence-electron chi connectivity index (χ0n) is 13.0. The Kier molecular flexibility index (Phi) is 3.90. The van der Waals surface area contributed by atoms with Crippen LogP contribution in [0.5, 0.6) is 5.75 Å². The highest BCUT2D eigenvalue weighted by molar-refractivity contribution is 6.30. The summed E-state index contributed by atoms with van der Waals surface area (Å²) in [5, 5.41) is 0.668. The van der Waals surface area contributed by atoms with Crippen LogP contribution in [0.15, 0.2) is 48.8 Å². The normalized spacial score (nSPS) is 25.8. The maximum absolute atomic E-state index is 12.3. The Morgan fingerprint density at radius 2 is 2.17 bits per heavy atom. The Labute approximate surface area is 145 Å². The van der Waals surface area contributed by atoms with E-state index in [1.54, 1.807) is 24.5 Å². The van der Waals surface area contributed by atoms with Gasteiger partial charge in [-0.1, -0.05) is 17.7 Å². The van der Waals surface area contributed by atoms with Crippen LogP contribution in [0.1, 0.15) is 18.4 Å². The van der Waals surface area contributed by atoms with Gasteiger partial charge in [-0.3, -0.25) is 9.78 Å². The summed E-state index contributed by atoms with van der Waals surface area (Å²) >= 11 is 5.88. The number of benzene rings is 1. The van der Waals surface area contributed by atoms with E-state index in [0.717, 1.165) is 11.3 Å². The van der Waals surface area contributed by atoms with Crippen LogP contribution in [0.25, 0.3) is 0 Å². The second-order valence-electron chi connectivity index (χ2n) is 6.04. The molecule has 0 radical (unpaired) electrons. The van der Waals surface area contributed by atoms with Crippen molar-refractivity contribution < 1.29 is 14.3 Å². The molecule has 24 heavy (non-hydrogen) atoms. The van der Waals surface area contributed by atoms with Gasteiger partial charge < -0.3 is 14.4 Å². The molecule has 0 unspecified atom stereocenters. The monoisotopic (exact) mass is 344 g/mol. The number of nitrogens with zero attached hydrogens (tertiary/aromatic N) is 2. The first-order valence-electron chi connectivity index (χ1n) is 7.94. The van der Waals surface area contributed by atoms with E-state index in [1.165, 1.54) is 0 Å². The highest BCUT2D eigenvalue weighted by atomic mass is 35.5. The van der Waals surface area contributed by atoms with Crippen LogP contribution in [0.3, 0.4) is 0 Å². The zero-order chi connectivity index (χ0) is 16.6. The maximum atomic E-state index is 12.3. The summed E-state index contributed by atoms with van der Waals surface area (Å²) in [6, 6.07) is 11.0. The van der Waals surface area contributed by atoms with Gasteiger partial charge in [0.25, 0.3) is 0 Å². The Morgan fingerprint density at radius 3 is 2.92 bits per heavy atom. The third kappa shape index (κ3) is 2.64. The van der Waals surface area contributed by atoms with Crippen LogP contribution in [-0.4, -0.2) is 35.0 Å². The smallest absolute Gasteiger partial charge is 0.225 e. The van der Waals surface area contributed by atoms with Gasteiger partial charge in [-0.05, 0) is 30.3 Å². The van der Waals surface area contributed by atoms with Gasteiger partial charge in [0.15, 0.2) is 5.72 Å². The molecule has 0 aliphatic carbocycles. The summed E-state index contributed by atoms with van der Waals surface area (Å²) in [5.41, 5.74) is 0.226. The highest BCUT2D eigenvalue weighted by Gasteiger charge is 2.54. The van der Waals surface area contributed by atoms with Crippen molar-refractivity contribution in [3.05, 3.63) is 59.4 Å². The third-order valence-electron chi connectivity index (χ3n) is 4.52. The predicted octanol–water partition coefficient (Wildman–Crippen LogP) is 2.99. The van der Waals surface area contributed by atoms with Gasteiger partial charge >= 0.3 is 0 Å². The van der Waals surface area contributed by atoms with Crippen LogP contribution in [0.4, 0.5) is 0 Å². The molecule has 2 saturated heterocycles. The molecule has 0 spiro atoms. The van der Waals surface area contributed by atoms with Gasteiger partial charge in [-0.2, -0.15) is 0 Å². The lowest BCUT2D eigenvalue weighted by Crippen LogP contribution is -2.38. The standard InChI is InChI=1S/C18H17ClN2O3/c19-14-3-5-15(6-4-14)23-12-16-11-21-17(22)7-8-18(21,24-16)13-2-1-9-20-10-13/h1-6,9-10,16H,7-8,11-12H2/t16-,18-/m1/s1. The molecule has 6 heteroatoms. The van der Waals surface area contributed by atoms with E-state index < -0.39 is 5.72 Å². The van der Waals surface area contributed by atoms with E-state index in [4.69, 9.17) is 21.1 Å². The molecule has 2 atom stereocenters. The summed E-state index contributed by atoms with van der Waals surface area (Å²) < 4.78 is 12.1. The fourth-order valence-electron chi connectivity index (χ4n) is 3.40. The van der Waals surface area contributed by atoms with Crippen molar-refractivity contribution >= 4 is 17.5 Å². The summed E-state index contributed by atoms with van der Waals surface area (Å²) in [5.74, 6) is 0.852. The van der Waals surface area contributed by atoms with Crippen molar-refractivity contribution in [3.8, 4) is 5.75 Å². The quantitative estimate of drug-likeness (QED) is 0.855. The lowest BCUT2D eigenvalue weighted by Gasteiger charge is -2.30. The molecule has 4 rings (SSSR count). The summed E-state index contributed by atoms with van der Waals surface area (Å²) in [6.45, 7) is 0.911. The largest absolute Gasteiger partial charge is 0.491 e. The molecule has 2 aliphatic rings. The van der Waals surface area contributed by atoms with E-state index in [0.29, 0.717) is 31.0 Å². The molecule has 2 aromatic rings. The van der Waals surface area contributed by atoms with Crippen molar-refractivity contribution in [1.29, 1.82) is 0 Å². The second kappa shape index (κ2) is 6.07. The van der Waals surface area contributed by atoms with E-state index in [2.05, 4.69) is 4.98 Å². The van der Waals surface area contributed by atoms with E-state index in [9.17, 15) is 4.79 Å². The molecule has 5 nitrogen and oxygen atoms in total. The number of halogens is 1. The van der Waals surface area contributed by atoms with Crippen LogP contribution in [0.2, 0.25) is 5.02 Å². The molecule has 2 fully saturated rings. The molecule has 1 aromatic heterocycles. The molecular formula is C18H17ClN2O3. The van der Waals surface area contributed by atoms with Crippen molar-refractivity contribution in [2.24, 2.45) is 0 Å². The van der Waals surface area contributed by atoms with Gasteiger partial charge in [-0.25, -0.2) is 0 Å². The van der Waals surface area contributed by atoms with E-state index in [-0.39, 0.29) is 12.0 Å². The Bertz CT molecular complexity index is 738. The molecule has 1 amide bonds. The summed E-state index contributed by atoms with van der Waals surface area (Å²) in [6.07, 6.45) is 4.46. The number of hydrogen-bond acceptors (Lipinski definition) is 4. The first-order valence-corrected chi connectivity index (χ1v) is 8.32. The number of pyridine rings is 1. The molecular weight excluding hydrogens is 328 g/mol. The average molecular weight is 345 g/mol. The van der Waals surface area contributed by atoms with Crippen molar-refractivity contribution in [1.82, 2.24) is 9.88 Å². The zero-order valence-corrected chi connectivity index (χ0v) is 13.8. The number of aromatic nitrogens is 1. The lowest BCUT2D eigenvalue weighted by molar-refractivity contribution is -0.140. The maximum Gasteiger partial charge on any atom is 0.225 e. The second-order valence-corrected chi connectivity index (χ2v) is 6.47. The molecule has 1 aromatic carbocycles. The van der Waals surface area contributed by atoms with Gasteiger partial charge in [0.1, 0.15) is 18.5 Å². The number of fused-ring (bicyclic) bond motifs is 1. The summed E-state index contributed by atoms with van der Waals surface area (Å²) in [4.78, 5) is 18.3. The Morgan fingerprint density at radius 1 is 1.33 bits per heavy atom. The number of carbonyl (C=O) groups is 1. The first kappa shape index (κ1) is 15.4. The lowest BCUT2D eigenvalue weighted by atomic mass is 10.0. The fourth-order valence-corrected chi connectivity index (χ4v) is 3.53. The highest BCUT2D eigenvalue weighted by Crippen LogP contribution is 2.45. The first-order chi connectivity index (χ1) is 11.7. The Balaban J connectivity index is 1.50. The SMILES string of the molecule is O=C1CC[C@]2(c3cccnc3)O[C@@H](COc3ccc(Cl)cc3)CN12. The minimum Gasteiger partial charge on any atom is -0.491 e. The molecule has 124 valence electrons. The molecule has 2 aliphatic heterocycles. The van der Waals surface area contributed by atoms with Gasteiger partial charge in [0.05, 0.1) is 6.54 Å². The summed E-state index contributed by atoms with van der Waals surface area (Å²) in [7, 11) is 0. The van der Waals surface area contributed by atoms with Gasteiger partial charge in [0.2, 0.25) is 5.91 Å². The van der Waals surface area contributed by atoms with E-state index >= 15 is 0 Å². The van der Waals surface area contributed by atoms with E-state index in [1.807, 2.05) is 29.2 Å². The molecule has 0 N–H and O–H groups in total. The van der Waals surface area contributed by atoms with Crippen LogP contribution < -0.4 is 4.74 Å². The fraction of sp³-hybridized carbons (Fsp3) is 0.333. The van der Waals surface area contributed by atoms with Crippen molar-refractivity contribution in [2.75, 3.05) is 13.2 Å². The number of amides is 1. The topological polar surface area (TPSA) is 51.7 Å². The van der Waals surface area contributed by atoms with Crippen LogP contribution in [0, 0.1) is 0 Å². The minimum atomic E-state index is -0.695. The third-order valence-corrected chi connectivity index (χ3v) is 4.78. The van der Waals surface area contributed by atoms with Crippen LogP contribution in [-0.2, 0) is 15.3 Å². The predicted molar refractivity (Wildman–Crippen MR) is 88.7 cm³/mol. The minimum absolute atomic E-state index is 0.118.